The van der Waals surface area contributed by atoms with Crippen LogP contribution in [-0.2, 0) is 18.4 Å². The molecule has 0 heterocycles. The van der Waals surface area contributed by atoms with Gasteiger partial charge < -0.3 is 24.9 Å². The smallest absolute Gasteiger partial charge is 0.390 e. The van der Waals surface area contributed by atoms with Crippen LogP contribution in [0.25, 0.3) is 0 Å². The van der Waals surface area contributed by atoms with E-state index in [1.165, 1.54) is 57.8 Å². The third-order valence-electron chi connectivity index (χ3n) is 11.8. The highest BCUT2D eigenvalue weighted by Crippen LogP contribution is 2.43. The molecule has 0 aromatic rings. The van der Waals surface area contributed by atoms with Crippen molar-refractivity contribution in [2.75, 3.05) is 40.9 Å². The van der Waals surface area contributed by atoms with Crippen LogP contribution < -0.4 is 5.32 Å². The highest BCUT2D eigenvalue weighted by atomic mass is 31.2. The largest absolute Gasteiger partial charge is 0.472 e. The molecule has 0 saturated carbocycles. The first-order chi connectivity index (χ1) is 34.4. The third-order valence-corrected chi connectivity index (χ3v) is 12.8. The molecule has 0 fully saturated rings. The number of amides is 1. The Labute approximate surface area is 436 Å². The van der Waals surface area contributed by atoms with Gasteiger partial charge in [-0.2, -0.15) is 0 Å². The molecule has 0 aliphatic rings. The van der Waals surface area contributed by atoms with Gasteiger partial charge in [-0.25, -0.2) is 4.57 Å². The molecule has 0 spiro atoms. The summed E-state index contributed by atoms with van der Waals surface area (Å²) >= 11 is 0. The van der Waals surface area contributed by atoms with E-state index in [-0.39, 0.29) is 18.9 Å². The van der Waals surface area contributed by atoms with E-state index in [2.05, 4.69) is 141 Å². The lowest BCUT2D eigenvalue weighted by atomic mass is 9.99. The zero-order chi connectivity index (χ0) is 52.2. The van der Waals surface area contributed by atoms with E-state index in [0.29, 0.717) is 23.9 Å². The number of hydrogen-bond acceptors (Lipinski definition) is 6. The topological polar surface area (TPSA) is 125 Å². The van der Waals surface area contributed by atoms with Crippen molar-refractivity contribution in [2.45, 2.75) is 218 Å². The maximum Gasteiger partial charge on any atom is 0.472 e. The summed E-state index contributed by atoms with van der Waals surface area (Å²) in [5.74, 6) is -0.288. The fourth-order valence-corrected chi connectivity index (χ4v) is 8.14. The molecule has 4 atom stereocenters. The number of nitrogens with zero attached hydrogens (tertiary/aromatic N) is 1. The summed E-state index contributed by atoms with van der Waals surface area (Å²) in [4.78, 5) is 23.3. The van der Waals surface area contributed by atoms with E-state index in [0.717, 1.165) is 109 Å². The van der Waals surface area contributed by atoms with Gasteiger partial charge in [0.05, 0.1) is 39.9 Å². The maximum atomic E-state index is 13.0. The number of hydrogen-bond donors (Lipinski definition) is 4. The summed E-state index contributed by atoms with van der Waals surface area (Å²) < 4.78 is 23.6. The van der Waals surface area contributed by atoms with Crippen molar-refractivity contribution < 1.29 is 38.0 Å². The van der Waals surface area contributed by atoms with Crippen LogP contribution in [0.5, 0.6) is 0 Å². The molecule has 0 aromatic carbocycles. The lowest BCUT2D eigenvalue weighted by molar-refractivity contribution is -0.870. The van der Waals surface area contributed by atoms with Crippen LogP contribution in [0.4, 0.5) is 0 Å². The first kappa shape index (κ1) is 67.9. The van der Waals surface area contributed by atoms with Gasteiger partial charge in [-0.1, -0.05) is 225 Å². The van der Waals surface area contributed by atoms with Crippen LogP contribution in [0.2, 0.25) is 0 Å². The number of aliphatic hydroxyl groups excluding tert-OH is 2. The Bertz CT molecular complexity index is 1580. The average Bonchev–Trinajstić information content (AvgIpc) is 3.33. The van der Waals surface area contributed by atoms with E-state index < -0.39 is 32.7 Å². The number of unbranched alkanes of at least 4 members (excludes halogenated alkanes) is 15. The van der Waals surface area contributed by atoms with Gasteiger partial charge in [-0.3, -0.25) is 13.8 Å². The number of quaternary nitrogens is 1. The van der Waals surface area contributed by atoms with Crippen LogP contribution in [-0.4, -0.2) is 84.6 Å². The second kappa shape index (κ2) is 50.4. The zero-order valence-corrected chi connectivity index (χ0v) is 46.7. The third kappa shape index (κ3) is 51.6. The van der Waals surface area contributed by atoms with Gasteiger partial charge in [0, 0.05) is 6.42 Å². The number of carbonyl (C=O) groups excluding carboxylic acids is 1. The summed E-state index contributed by atoms with van der Waals surface area (Å²) in [7, 11) is 1.40. The number of phosphoric acid groups is 1. The highest BCUT2D eigenvalue weighted by Gasteiger charge is 2.31. The number of nitrogens with one attached hydrogen (secondary N) is 1. The summed E-state index contributed by atoms with van der Waals surface area (Å²) in [6, 6.07) is -1.06. The minimum Gasteiger partial charge on any atom is -0.390 e. The van der Waals surface area contributed by atoms with Crippen LogP contribution in [0.15, 0.2) is 122 Å². The molecule has 0 bridgehead atoms. The predicted octanol–water partition coefficient (Wildman–Crippen LogP) is 15.9. The molecule has 71 heavy (non-hydrogen) atoms. The molecule has 0 aliphatic carbocycles. The summed E-state index contributed by atoms with van der Waals surface area (Å²) in [6.07, 6.45) is 71.3. The molecule has 4 unspecified atom stereocenters. The van der Waals surface area contributed by atoms with Crippen molar-refractivity contribution in [2.24, 2.45) is 0 Å². The van der Waals surface area contributed by atoms with Gasteiger partial charge in [-0.15, -0.1) is 0 Å². The normalized spacial score (nSPS) is 15.3. The Hall–Kier alpha value is -3.14. The summed E-state index contributed by atoms with van der Waals surface area (Å²) in [5, 5.41) is 24.8. The van der Waals surface area contributed by atoms with E-state index in [9.17, 15) is 24.5 Å². The lowest BCUT2D eigenvalue weighted by Crippen LogP contribution is -2.51. The molecule has 10 heteroatoms. The van der Waals surface area contributed by atoms with E-state index in [1.54, 1.807) is 0 Å². The zero-order valence-electron chi connectivity index (χ0n) is 45.8. The molecule has 4 N–H and O–H groups in total. The van der Waals surface area contributed by atoms with Gasteiger partial charge in [-0.05, 0) is 89.9 Å². The number of carbonyl (C=O) groups is 1. The van der Waals surface area contributed by atoms with Crippen LogP contribution in [0.3, 0.4) is 0 Å². The van der Waals surface area contributed by atoms with E-state index in [1.807, 2.05) is 21.1 Å². The minimum absolute atomic E-state index is 0.00981. The molecule has 406 valence electrons. The highest BCUT2D eigenvalue weighted by molar-refractivity contribution is 7.47. The molecule has 0 saturated heterocycles. The standard InChI is InChI=1S/C61H105N2O7P/c1-6-8-10-12-14-16-18-20-21-22-23-24-25-26-27-28-29-30-31-32-33-34-35-36-37-38-39-40-41-42-44-46-48-50-52-54-60(65)62-58(57-70-71(67,68)69-56-55-63(3,4)5)61(66)59(64)53-51-49-47-45-43-19-17-15-13-11-9-7-2/h8,10,14,16,20-21,23-24,26-27,29-30,32-33,35-36,38-39,41-42,58-59,61,64,66H,6-7,9,11-13,15,17-19,22,25,28,31,34,37,40,43-57H2,1-5H3,(H-,62,65,67,68)/p+1/b10-8-,16-14-,21-20-,24-23-,27-26-,30-29-,33-32-,36-35-,39-38-,42-41-. The Morgan fingerprint density at radius 3 is 1.28 bits per heavy atom. The van der Waals surface area contributed by atoms with Crippen molar-refractivity contribution in [3.8, 4) is 0 Å². The second-order valence-corrected chi connectivity index (χ2v) is 21.2. The molecular formula is C61H106N2O7P+. The quantitative estimate of drug-likeness (QED) is 0.0207. The molecule has 0 radical (unpaired) electrons. The molecule has 1 amide bonds. The first-order valence-electron chi connectivity index (χ1n) is 28.0. The van der Waals surface area contributed by atoms with Gasteiger partial charge >= 0.3 is 7.82 Å². The van der Waals surface area contributed by atoms with Crippen LogP contribution in [0.1, 0.15) is 200 Å². The van der Waals surface area contributed by atoms with Crippen molar-refractivity contribution in [1.29, 1.82) is 0 Å². The van der Waals surface area contributed by atoms with Crippen molar-refractivity contribution in [3.05, 3.63) is 122 Å². The SMILES string of the molecule is CC/C=C\C/C=C\C/C=C\C/C=C\C/C=C\C/C=C\C/C=C\C/C=C\C/C=C\C/C=C\CCCCCCC(=O)NC(COP(=O)(O)OCC[N+](C)(C)C)C(O)C(O)CCCCCCCCCCCCCC. The number of aliphatic hydroxyl groups is 2. The number of likely N-dealkylation sites (N-methyl/N-ethyl adjacent to an activating group) is 1. The monoisotopic (exact) mass is 1010 g/mol. The summed E-state index contributed by atoms with van der Waals surface area (Å²) in [5.41, 5.74) is 0. The van der Waals surface area contributed by atoms with Gasteiger partial charge in [0.1, 0.15) is 19.3 Å². The number of phosphoric ester groups is 1. The molecular weight excluding hydrogens is 904 g/mol. The lowest BCUT2D eigenvalue weighted by Gasteiger charge is -2.28. The van der Waals surface area contributed by atoms with Gasteiger partial charge in [0.15, 0.2) is 0 Å². The van der Waals surface area contributed by atoms with Crippen LogP contribution >= 0.6 is 7.82 Å². The van der Waals surface area contributed by atoms with E-state index in [4.69, 9.17) is 9.05 Å². The average molecular weight is 1010 g/mol. The Morgan fingerprint density at radius 1 is 0.507 bits per heavy atom. The van der Waals surface area contributed by atoms with Crippen LogP contribution in [0, 0.1) is 0 Å². The van der Waals surface area contributed by atoms with Crippen molar-refractivity contribution in [3.63, 3.8) is 0 Å². The Morgan fingerprint density at radius 2 is 0.873 bits per heavy atom. The van der Waals surface area contributed by atoms with Gasteiger partial charge in [0.25, 0.3) is 0 Å². The minimum atomic E-state index is -4.44. The fourth-order valence-electron chi connectivity index (χ4n) is 7.40. The molecule has 0 aliphatic heterocycles. The van der Waals surface area contributed by atoms with Gasteiger partial charge in [0.2, 0.25) is 5.91 Å². The first-order valence-corrected chi connectivity index (χ1v) is 29.5. The Balaban J connectivity index is 4.31. The summed E-state index contributed by atoms with van der Waals surface area (Å²) in [6.45, 7) is 4.45. The molecule has 9 nitrogen and oxygen atoms in total. The fraction of sp³-hybridized carbons (Fsp3) is 0.656. The maximum absolute atomic E-state index is 13.0. The second-order valence-electron chi connectivity index (χ2n) is 19.7. The molecule has 0 rings (SSSR count). The van der Waals surface area contributed by atoms with E-state index >= 15 is 0 Å². The van der Waals surface area contributed by atoms with Crippen molar-refractivity contribution >= 4 is 13.7 Å². The number of rotatable bonds is 49. The Kier molecular flexibility index (Phi) is 48.2. The number of allylic oxidation sites excluding steroid dienone is 20. The molecule has 0 aromatic heterocycles. The predicted molar refractivity (Wildman–Crippen MR) is 305 cm³/mol. The van der Waals surface area contributed by atoms with Crippen molar-refractivity contribution in [1.82, 2.24) is 5.32 Å².